The van der Waals surface area contributed by atoms with E-state index in [9.17, 15) is 4.79 Å². The van der Waals surface area contributed by atoms with Crippen LogP contribution in [-0.2, 0) is 5.41 Å². The van der Waals surface area contributed by atoms with Crippen molar-refractivity contribution < 1.29 is 4.79 Å². The molecule has 1 amide bonds. The van der Waals surface area contributed by atoms with Crippen molar-refractivity contribution in [1.29, 1.82) is 0 Å². The molecule has 1 heterocycles. The SMILES string of the molecule is CC(C)(C)c1csc(C(N)=O)c1N. The highest BCUT2D eigenvalue weighted by atomic mass is 32.1. The Labute approximate surface area is 81.7 Å². The highest BCUT2D eigenvalue weighted by Crippen LogP contribution is 2.34. The molecule has 4 heteroatoms. The molecular formula is C9H14N2OS. The first-order chi connectivity index (χ1) is 5.84. The molecule has 13 heavy (non-hydrogen) atoms. The maximum atomic E-state index is 10.9. The van der Waals surface area contributed by atoms with Crippen LogP contribution in [0.5, 0.6) is 0 Å². The lowest BCUT2D eigenvalue weighted by Crippen LogP contribution is -2.15. The van der Waals surface area contributed by atoms with Crippen molar-refractivity contribution in [3.63, 3.8) is 0 Å². The lowest BCUT2D eigenvalue weighted by molar-refractivity contribution is 0.100. The van der Waals surface area contributed by atoms with Gasteiger partial charge in [0.1, 0.15) is 4.88 Å². The van der Waals surface area contributed by atoms with E-state index in [2.05, 4.69) is 20.8 Å². The second-order valence-electron chi connectivity index (χ2n) is 4.01. The van der Waals surface area contributed by atoms with Gasteiger partial charge in [0.25, 0.3) is 5.91 Å². The Balaban J connectivity index is 3.22. The Morgan fingerprint density at radius 2 is 2.00 bits per heavy atom. The summed E-state index contributed by atoms with van der Waals surface area (Å²) in [6.45, 7) is 6.16. The molecule has 1 aromatic rings. The van der Waals surface area contributed by atoms with Gasteiger partial charge in [0.15, 0.2) is 0 Å². The van der Waals surface area contributed by atoms with Gasteiger partial charge < -0.3 is 11.5 Å². The van der Waals surface area contributed by atoms with Gasteiger partial charge in [-0.15, -0.1) is 11.3 Å². The first-order valence-electron chi connectivity index (χ1n) is 4.01. The average Bonchev–Trinajstić information content (AvgIpc) is 2.28. The molecule has 0 saturated heterocycles. The standard InChI is InChI=1S/C9H14N2OS/c1-9(2,3)5-4-13-7(6(5)10)8(11)12/h4H,10H2,1-3H3,(H2,11,12). The minimum Gasteiger partial charge on any atom is -0.397 e. The zero-order valence-corrected chi connectivity index (χ0v) is 8.87. The number of primary amides is 1. The number of hydrogen-bond donors (Lipinski definition) is 2. The number of nitrogen functional groups attached to an aromatic ring is 1. The monoisotopic (exact) mass is 198 g/mol. The van der Waals surface area contributed by atoms with Crippen molar-refractivity contribution in [3.8, 4) is 0 Å². The third-order valence-corrected chi connectivity index (χ3v) is 2.87. The molecule has 0 saturated carbocycles. The normalized spacial score (nSPS) is 11.6. The van der Waals surface area contributed by atoms with Crippen molar-refractivity contribution in [1.82, 2.24) is 0 Å². The molecule has 0 unspecified atom stereocenters. The van der Waals surface area contributed by atoms with Crippen LogP contribution in [0, 0.1) is 0 Å². The van der Waals surface area contributed by atoms with Gasteiger partial charge in [-0.25, -0.2) is 0 Å². The van der Waals surface area contributed by atoms with Gasteiger partial charge in [0.2, 0.25) is 0 Å². The smallest absolute Gasteiger partial charge is 0.260 e. The first-order valence-corrected chi connectivity index (χ1v) is 4.89. The van der Waals surface area contributed by atoms with Gasteiger partial charge in [0, 0.05) is 0 Å². The maximum absolute atomic E-state index is 10.9. The third kappa shape index (κ3) is 1.83. The maximum Gasteiger partial charge on any atom is 0.260 e. The summed E-state index contributed by atoms with van der Waals surface area (Å²) >= 11 is 1.31. The molecule has 0 aliphatic heterocycles. The summed E-state index contributed by atoms with van der Waals surface area (Å²) < 4.78 is 0. The van der Waals surface area contributed by atoms with E-state index >= 15 is 0 Å². The van der Waals surface area contributed by atoms with Gasteiger partial charge in [-0.2, -0.15) is 0 Å². The molecule has 0 bridgehead atoms. The van der Waals surface area contributed by atoms with Gasteiger partial charge in [0.05, 0.1) is 5.69 Å². The lowest BCUT2D eigenvalue weighted by atomic mass is 9.88. The van der Waals surface area contributed by atoms with Crippen molar-refractivity contribution in [2.45, 2.75) is 26.2 Å². The Hall–Kier alpha value is -1.03. The van der Waals surface area contributed by atoms with Crippen molar-refractivity contribution in [3.05, 3.63) is 15.8 Å². The zero-order valence-electron chi connectivity index (χ0n) is 8.05. The molecule has 72 valence electrons. The minimum atomic E-state index is -0.446. The van der Waals surface area contributed by atoms with E-state index in [0.29, 0.717) is 10.6 Å². The van der Waals surface area contributed by atoms with E-state index in [4.69, 9.17) is 11.5 Å². The van der Waals surface area contributed by atoms with E-state index in [1.165, 1.54) is 11.3 Å². The quantitative estimate of drug-likeness (QED) is 0.721. The number of carbonyl (C=O) groups is 1. The van der Waals surface area contributed by atoms with E-state index in [1.54, 1.807) is 0 Å². The topological polar surface area (TPSA) is 69.1 Å². The van der Waals surface area contributed by atoms with Crippen LogP contribution in [0.25, 0.3) is 0 Å². The van der Waals surface area contributed by atoms with E-state index in [-0.39, 0.29) is 5.41 Å². The number of nitrogens with two attached hydrogens (primary N) is 2. The molecule has 4 N–H and O–H groups in total. The molecule has 0 atom stereocenters. The van der Waals surface area contributed by atoms with E-state index in [0.717, 1.165) is 5.56 Å². The van der Waals surface area contributed by atoms with Crippen molar-refractivity contribution >= 4 is 22.9 Å². The summed E-state index contributed by atoms with van der Waals surface area (Å²) in [6, 6.07) is 0. The predicted molar refractivity (Wildman–Crippen MR) is 55.9 cm³/mol. The van der Waals surface area contributed by atoms with Crippen molar-refractivity contribution in [2.24, 2.45) is 5.73 Å². The lowest BCUT2D eigenvalue weighted by Gasteiger charge is -2.17. The summed E-state index contributed by atoms with van der Waals surface area (Å²) in [6.07, 6.45) is 0. The number of hydrogen-bond acceptors (Lipinski definition) is 3. The van der Waals surface area contributed by atoms with Crippen LogP contribution in [-0.4, -0.2) is 5.91 Å². The van der Waals surface area contributed by atoms with Crippen LogP contribution in [0.15, 0.2) is 5.38 Å². The molecule has 0 radical (unpaired) electrons. The Kier molecular flexibility index (Phi) is 2.34. The second-order valence-corrected chi connectivity index (χ2v) is 4.89. The number of amides is 1. The van der Waals surface area contributed by atoms with E-state index in [1.807, 2.05) is 5.38 Å². The fraction of sp³-hybridized carbons (Fsp3) is 0.444. The molecule has 3 nitrogen and oxygen atoms in total. The molecule has 0 fully saturated rings. The van der Waals surface area contributed by atoms with Gasteiger partial charge in [-0.05, 0) is 16.4 Å². The van der Waals surface area contributed by atoms with Gasteiger partial charge >= 0.3 is 0 Å². The molecular weight excluding hydrogens is 184 g/mol. The Morgan fingerprint density at radius 3 is 2.23 bits per heavy atom. The van der Waals surface area contributed by atoms with Crippen LogP contribution in [0.2, 0.25) is 0 Å². The van der Waals surface area contributed by atoms with Crippen LogP contribution in [0.4, 0.5) is 5.69 Å². The number of anilines is 1. The number of rotatable bonds is 1. The van der Waals surface area contributed by atoms with Crippen LogP contribution >= 0.6 is 11.3 Å². The first kappa shape index (κ1) is 10.1. The second kappa shape index (κ2) is 3.03. The van der Waals surface area contributed by atoms with Gasteiger partial charge in [-0.3, -0.25) is 4.79 Å². The number of thiophene rings is 1. The molecule has 0 aliphatic carbocycles. The van der Waals surface area contributed by atoms with E-state index < -0.39 is 5.91 Å². The van der Waals surface area contributed by atoms with Crippen LogP contribution in [0.3, 0.4) is 0 Å². The highest BCUT2D eigenvalue weighted by molar-refractivity contribution is 7.12. The molecule has 0 spiro atoms. The van der Waals surface area contributed by atoms with Crippen LogP contribution < -0.4 is 11.5 Å². The summed E-state index contributed by atoms with van der Waals surface area (Å²) in [7, 11) is 0. The average molecular weight is 198 g/mol. The van der Waals surface area contributed by atoms with Crippen LogP contribution in [0.1, 0.15) is 36.0 Å². The molecule has 0 aliphatic rings. The minimum absolute atomic E-state index is 0.0334. The summed E-state index contributed by atoms with van der Waals surface area (Å²) in [5.74, 6) is -0.446. The fourth-order valence-corrected chi connectivity index (χ4v) is 2.21. The largest absolute Gasteiger partial charge is 0.397 e. The van der Waals surface area contributed by atoms with Crippen molar-refractivity contribution in [2.75, 3.05) is 5.73 Å². The Morgan fingerprint density at radius 1 is 1.46 bits per heavy atom. The predicted octanol–water partition coefficient (Wildman–Crippen LogP) is 1.73. The molecule has 0 aromatic carbocycles. The van der Waals surface area contributed by atoms with Gasteiger partial charge in [-0.1, -0.05) is 20.8 Å². The fourth-order valence-electron chi connectivity index (χ4n) is 1.14. The highest BCUT2D eigenvalue weighted by Gasteiger charge is 2.22. The molecule has 1 rings (SSSR count). The zero-order chi connectivity index (χ0) is 10.2. The third-order valence-electron chi connectivity index (χ3n) is 1.86. The molecule has 1 aromatic heterocycles. The number of carbonyl (C=O) groups excluding carboxylic acids is 1. The summed E-state index contributed by atoms with van der Waals surface area (Å²) in [4.78, 5) is 11.4. The Bertz CT molecular complexity index is 336. The summed E-state index contributed by atoms with van der Waals surface area (Å²) in [5, 5.41) is 1.90. The summed E-state index contributed by atoms with van der Waals surface area (Å²) in [5.41, 5.74) is 12.5.